The molecule has 0 aromatic heterocycles. The number of aliphatic hydroxyl groups excluding tert-OH is 1. The van der Waals surface area contributed by atoms with Gasteiger partial charge in [0, 0.05) is 0 Å². The van der Waals surface area contributed by atoms with Crippen LogP contribution < -0.4 is 5.32 Å². The van der Waals surface area contributed by atoms with Gasteiger partial charge in [0.15, 0.2) is 0 Å². The zero-order valence-corrected chi connectivity index (χ0v) is 9.15. The molecule has 5 heteroatoms. The van der Waals surface area contributed by atoms with Crippen LogP contribution in [0.4, 0.5) is 0 Å². The number of nitrogens with one attached hydrogen (secondary N) is 1. The number of carbonyl (C=O) groups is 2. The van der Waals surface area contributed by atoms with Gasteiger partial charge >= 0.3 is 5.97 Å². The highest BCUT2D eigenvalue weighted by Gasteiger charge is 2.49. The molecular weight excluding hydrogens is 198 g/mol. The van der Waals surface area contributed by atoms with E-state index in [1.807, 2.05) is 0 Å². The van der Waals surface area contributed by atoms with Gasteiger partial charge in [0.2, 0.25) is 5.91 Å². The first-order valence-corrected chi connectivity index (χ1v) is 4.98. The second-order valence-corrected chi connectivity index (χ2v) is 4.67. The fraction of sp³-hybridized carbons (Fsp3) is 0.800. The number of carboxylic acid groups (broad SMARTS) is 1. The number of hydrogen-bond acceptors (Lipinski definition) is 3. The lowest BCUT2D eigenvalue weighted by Gasteiger charge is -2.29. The molecule has 3 unspecified atom stereocenters. The number of rotatable bonds is 4. The van der Waals surface area contributed by atoms with Crippen molar-refractivity contribution in [2.24, 2.45) is 11.8 Å². The first kappa shape index (κ1) is 12.0. The van der Waals surface area contributed by atoms with E-state index in [0.717, 1.165) is 0 Å². The van der Waals surface area contributed by atoms with Gasteiger partial charge in [0.1, 0.15) is 0 Å². The van der Waals surface area contributed by atoms with Gasteiger partial charge in [-0.15, -0.1) is 0 Å². The lowest BCUT2D eigenvalue weighted by molar-refractivity contribution is -0.140. The number of carboxylic acids is 1. The number of carbonyl (C=O) groups excluding carboxylic acids is 1. The lowest BCUT2D eigenvalue weighted by atomic mass is 9.98. The largest absolute Gasteiger partial charge is 0.481 e. The monoisotopic (exact) mass is 215 g/mol. The third-order valence-electron chi connectivity index (χ3n) is 2.93. The second-order valence-electron chi connectivity index (χ2n) is 4.67. The van der Waals surface area contributed by atoms with E-state index in [1.165, 1.54) is 0 Å². The molecule has 15 heavy (non-hydrogen) atoms. The quantitative estimate of drug-likeness (QED) is 0.615. The van der Waals surface area contributed by atoms with Crippen LogP contribution in [-0.4, -0.2) is 33.7 Å². The van der Waals surface area contributed by atoms with Crippen molar-refractivity contribution in [3.8, 4) is 0 Å². The number of hydrogen-bond donors (Lipinski definition) is 3. The van der Waals surface area contributed by atoms with Crippen molar-refractivity contribution in [1.29, 1.82) is 0 Å². The van der Waals surface area contributed by atoms with Crippen LogP contribution in [-0.2, 0) is 9.59 Å². The zero-order valence-electron chi connectivity index (χ0n) is 9.15. The van der Waals surface area contributed by atoms with E-state index in [-0.39, 0.29) is 5.91 Å². The summed E-state index contributed by atoms with van der Waals surface area (Å²) in [7, 11) is 0. The molecule has 86 valence electrons. The maximum absolute atomic E-state index is 11.6. The molecule has 3 N–H and O–H groups in total. The Morgan fingerprint density at radius 2 is 1.93 bits per heavy atom. The Labute approximate surface area is 88.5 Å². The highest BCUT2D eigenvalue weighted by Crippen LogP contribution is 2.39. The lowest BCUT2D eigenvalue weighted by Crippen LogP contribution is -2.51. The molecule has 1 amide bonds. The summed E-state index contributed by atoms with van der Waals surface area (Å²) in [6.45, 7) is 4.99. The average molecular weight is 215 g/mol. The Hall–Kier alpha value is -1.10. The SMILES string of the molecule is CC(O)C(C)(C)NC(=O)C1CC1C(=O)O. The molecule has 1 fully saturated rings. The Bertz CT molecular complexity index is 285. The van der Waals surface area contributed by atoms with Crippen LogP contribution in [0.25, 0.3) is 0 Å². The highest BCUT2D eigenvalue weighted by molar-refractivity contribution is 5.89. The summed E-state index contributed by atoms with van der Waals surface area (Å²) < 4.78 is 0. The van der Waals surface area contributed by atoms with Crippen molar-refractivity contribution >= 4 is 11.9 Å². The first-order valence-electron chi connectivity index (χ1n) is 4.98. The summed E-state index contributed by atoms with van der Waals surface area (Å²) in [6, 6.07) is 0. The summed E-state index contributed by atoms with van der Waals surface area (Å²) in [4.78, 5) is 22.1. The fourth-order valence-corrected chi connectivity index (χ4v) is 1.27. The van der Waals surface area contributed by atoms with E-state index in [0.29, 0.717) is 6.42 Å². The van der Waals surface area contributed by atoms with E-state index < -0.39 is 29.4 Å². The molecule has 1 aliphatic carbocycles. The van der Waals surface area contributed by atoms with Gasteiger partial charge in [-0.1, -0.05) is 0 Å². The Kier molecular flexibility index (Phi) is 3.04. The van der Waals surface area contributed by atoms with E-state index in [2.05, 4.69) is 5.32 Å². The topological polar surface area (TPSA) is 86.6 Å². The first-order chi connectivity index (χ1) is 6.75. The standard InChI is InChI=1S/C10H17NO4/c1-5(12)10(2,3)11-8(13)6-4-7(6)9(14)15/h5-7,12H,4H2,1-3H3,(H,11,13)(H,14,15). The highest BCUT2D eigenvalue weighted by atomic mass is 16.4. The fourth-order valence-electron chi connectivity index (χ4n) is 1.27. The van der Waals surface area contributed by atoms with Crippen molar-refractivity contribution in [1.82, 2.24) is 5.32 Å². The summed E-state index contributed by atoms with van der Waals surface area (Å²) in [5.41, 5.74) is -0.720. The Balaban J connectivity index is 2.48. The van der Waals surface area contributed by atoms with Gasteiger partial charge in [-0.05, 0) is 27.2 Å². The van der Waals surface area contributed by atoms with Gasteiger partial charge in [-0.2, -0.15) is 0 Å². The summed E-state index contributed by atoms with van der Waals surface area (Å²) in [5, 5.41) is 20.7. The Morgan fingerprint density at radius 3 is 2.27 bits per heavy atom. The molecule has 0 aromatic carbocycles. The third-order valence-corrected chi connectivity index (χ3v) is 2.93. The van der Waals surface area contributed by atoms with Crippen molar-refractivity contribution in [2.45, 2.75) is 38.8 Å². The average Bonchev–Trinajstić information content (AvgIpc) is 2.80. The Morgan fingerprint density at radius 1 is 1.40 bits per heavy atom. The van der Waals surface area contributed by atoms with E-state index in [1.54, 1.807) is 20.8 Å². The predicted octanol–water partition coefficient (Wildman–Crippen LogP) is -0.0173. The van der Waals surface area contributed by atoms with Gasteiger partial charge in [0.25, 0.3) is 0 Å². The molecular formula is C10H17NO4. The van der Waals surface area contributed by atoms with Gasteiger partial charge in [0.05, 0.1) is 23.5 Å². The molecule has 0 aromatic rings. The minimum absolute atomic E-state index is 0.284. The molecule has 0 aliphatic heterocycles. The summed E-state index contributed by atoms with van der Waals surface area (Å²) in [6.07, 6.45) is -0.277. The van der Waals surface area contributed by atoms with E-state index in [9.17, 15) is 14.7 Å². The molecule has 1 aliphatic rings. The van der Waals surface area contributed by atoms with Crippen LogP contribution >= 0.6 is 0 Å². The van der Waals surface area contributed by atoms with Crippen LogP contribution in [0.3, 0.4) is 0 Å². The molecule has 0 heterocycles. The van der Waals surface area contributed by atoms with Crippen LogP contribution in [0.15, 0.2) is 0 Å². The van der Waals surface area contributed by atoms with Crippen molar-refractivity contribution in [2.75, 3.05) is 0 Å². The number of aliphatic hydroxyl groups is 1. The number of aliphatic carboxylic acids is 1. The van der Waals surface area contributed by atoms with Crippen LogP contribution in [0.2, 0.25) is 0 Å². The van der Waals surface area contributed by atoms with Crippen LogP contribution in [0.5, 0.6) is 0 Å². The third kappa shape index (κ3) is 2.68. The molecule has 0 radical (unpaired) electrons. The normalized spacial score (nSPS) is 26.9. The van der Waals surface area contributed by atoms with E-state index in [4.69, 9.17) is 5.11 Å². The van der Waals surface area contributed by atoms with Gasteiger partial charge in [-0.25, -0.2) is 0 Å². The minimum Gasteiger partial charge on any atom is -0.481 e. The molecule has 3 atom stereocenters. The smallest absolute Gasteiger partial charge is 0.307 e. The van der Waals surface area contributed by atoms with Crippen molar-refractivity contribution in [3.05, 3.63) is 0 Å². The van der Waals surface area contributed by atoms with Crippen LogP contribution in [0, 0.1) is 11.8 Å². The van der Waals surface area contributed by atoms with Gasteiger partial charge in [-0.3, -0.25) is 9.59 Å². The maximum atomic E-state index is 11.6. The predicted molar refractivity (Wildman–Crippen MR) is 53.1 cm³/mol. The van der Waals surface area contributed by atoms with Crippen LogP contribution in [0.1, 0.15) is 27.2 Å². The van der Waals surface area contributed by atoms with Crippen molar-refractivity contribution in [3.63, 3.8) is 0 Å². The summed E-state index contributed by atoms with van der Waals surface area (Å²) in [5.74, 6) is -2.19. The van der Waals surface area contributed by atoms with Gasteiger partial charge < -0.3 is 15.5 Å². The molecule has 5 nitrogen and oxygen atoms in total. The molecule has 0 bridgehead atoms. The molecule has 0 saturated heterocycles. The maximum Gasteiger partial charge on any atom is 0.307 e. The number of amides is 1. The molecule has 0 spiro atoms. The van der Waals surface area contributed by atoms with E-state index >= 15 is 0 Å². The minimum atomic E-state index is -0.926. The zero-order chi connectivity index (χ0) is 11.8. The second kappa shape index (κ2) is 3.81. The van der Waals surface area contributed by atoms with Crippen molar-refractivity contribution < 1.29 is 19.8 Å². The molecule has 1 rings (SSSR count). The summed E-state index contributed by atoms with van der Waals surface area (Å²) >= 11 is 0. The molecule has 1 saturated carbocycles.